The molecule has 4 nitrogen and oxygen atoms in total. The second kappa shape index (κ2) is 9.78. The molecule has 150 valence electrons. The number of hydrogen-bond acceptors (Lipinski definition) is 3. The molecule has 0 unspecified atom stereocenters. The minimum atomic E-state index is -0.124. The third-order valence-corrected chi connectivity index (χ3v) is 4.65. The molecule has 3 rings (SSSR count). The fourth-order valence-electron chi connectivity index (χ4n) is 3.10. The number of aryl methyl sites for hydroxylation is 1. The monoisotopic (exact) mass is 389 g/mol. The van der Waals surface area contributed by atoms with Gasteiger partial charge in [0.25, 0.3) is 5.91 Å². The number of carbonyl (C=O) groups is 1. The van der Waals surface area contributed by atoms with Gasteiger partial charge in [0.05, 0.1) is 12.6 Å². The van der Waals surface area contributed by atoms with Gasteiger partial charge in [0.15, 0.2) is 0 Å². The van der Waals surface area contributed by atoms with Crippen LogP contribution in [0.2, 0.25) is 0 Å². The molecule has 3 aromatic carbocycles. The zero-order chi connectivity index (χ0) is 20.6. The summed E-state index contributed by atoms with van der Waals surface area (Å²) in [7, 11) is 0. The predicted molar refractivity (Wildman–Crippen MR) is 115 cm³/mol. The first-order valence-corrected chi connectivity index (χ1v) is 9.88. The van der Waals surface area contributed by atoms with Crippen molar-refractivity contribution in [3.63, 3.8) is 0 Å². The summed E-state index contributed by atoms with van der Waals surface area (Å²) >= 11 is 0. The maximum Gasteiger partial charge on any atom is 0.251 e. The molecule has 0 aliphatic carbocycles. The number of carbonyl (C=O) groups excluding carboxylic acids is 1. The Balaban J connectivity index is 1.75. The summed E-state index contributed by atoms with van der Waals surface area (Å²) in [6.45, 7) is 6.82. The van der Waals surface area contributed by atoms with Gasteiger partial charge in [-0.15, -0.1) is 0 Å². The van der Waals surface area contributed by atoms with E-state index in [1.165, 1.54) is 0 Å². The van der Waals surface area contributed by atoms with Crippen LogP contribution in [-0.4, -0.2) is 12.5 Å². The molecule has 3 aromatic rings. The number of ether oxygens (including phenoxy) is 2. The van der Waals surface area contributed by atoms with Gasteiger partial charge in [-0.05, 0) is 62.2 Å². The van der Waals surface area contributed by atoms with Crippen molar-refractivity contribution in [3.05, 3.63) is 95.1 Å². The Kier molecular flexibility index (Phi) is 6.90. The molecule has 29 heavy (non-hydrogen) atoms. The van der Waals surface area contributed by atoms with Crippen LogP contribution in [0, 0.1) is 6.92 Å². The maximum atomic E-state index is 12.8. The highest BCUT2D eigenvalue weighted by atomic mass is 16.5. The van der Waals surface area contributed by atoms with Crippen molar-refractivity contribution in [2.75, 3.05) is 6.61 Å². The number of nitrogens with one attached hydrogen (secondary N) is 1. The van der Waals surface area contributed by atoms with Crippen LogP contribution >= 0.6 is 0 Å². The molecule has 0 aromatic heterocycles. The molecule has 0 heterocycles. The molecular formula is C25H27NO3. The van der Waals surface area contributed by atoms with Crippen LogP contribution in [-0.2, 0) is 6.61 Å². The van der Waals surface area contributed by atoms with E-state index in [1.54, 1.807) is 6.07 Å². The van der Waals surface area contributed by atoms with Crippen molar-refractivity contribution in [2.24, 2.45) is 0 Å². The second-order valence-corrected chi connectivity index (χ2v) is 6.97. The summed E-state index contributed by atoms with van der Waals surface area (Å²) in [5.41, 5.74) is 3.62. The van der Waals surface area contributed by atoms with Gasteiger partial charge in [-0.2, -0.15) is 0 Å². The maximum absolute atomic E-state index is 12.8. The first-order valence-electron chi connectivity index (χ1n) is 9.88. The van der Waals surface area contributed by atoms with Crippen molar-refractivity contribution < 1.29 is 14.3 Å². The zero-order valence-electron chi connectivity index (χ0n) is 17.1. The topological polar surface area (TPSA) is 47.6 Å². The molecule has 0 bridgehead atoms. The Morgan fingerprint density at radius 2 is 1.76 bits per heavy atom. The molecule has 0 spiro atoms. The van der Waals surface area contributed by atoms with Gasteiger partial charge < -0.3 is 14.8 Å². The first-order chi connectivity index (χ1) is 14.1. The molecule has 0 aliphatic rings. The summed E-state index contributed by atoms with van der Waals surface area (Å²) < 4.78 is 11.7. The van der Waals surface area contributed by atoms with E-state index < -0.39 is 0 Å². The molecule has 0 radical (unpaired) electrons. The lowest BCUT2D eigenvalue weighted by Gasteiger charge is -2.16. The zero-order valence-corrected chi connectivity index (χ0v) is 17.1. The molecule has 0 saturated carbocycles. The molecule has 1 atom stereocenters. The molecule has 0 aliphatic heterocycles. The summed E-state index contributed by atoms with van der Waals surface area (Å²) in [5.74, 6) is 1.40. The SMILES string of the molecule is CCOc1ccc(C(=O)N[C@H](C)c2ccccc2)cc1COc1cccc(C)c1. The van der Waals surface area contributed by atoms with Gasteiger partial charge in [0.2, 0.25) is 0 Å². The average molecular weight is 389 g/mol. The van der Waals surface area contributed by atoms with E-state index in [1.807, 2.05) is 87.5 Å². The summed E-state index contributed by atoms with van der Waals surface area (Å²) in [6.07, 6.45) is 0. The quantitative estimate of drug-likeness (QED) is 0.556. The van der Waals surface area contributed by atoms with Crippen molar-refractivity contribution in [1.29, 1.82) is 0 Å². The van der Waals surface area contributed by atoms with E-state index >= 15 is 0 Å². The van der Waals surface area contributed by atoms with Crippen molar-refractivity contribution in [2.45, 2.75) is 33.4 Å². The standard InChI is InChI=1S/C25H27NO3/c1-4-28-24-14-13-21(25(27)26-19(3)20-10-6-5-7-11-20)16-22(24)17-29-23-12-8-9-18(2)15-23/h5-16,19H,4,17H2,1-3H3,(H,26,27)/t19-/m1/s1. The van der Waals surface area contributed by atoms with Crippen molar-refractivity contribution in [3.8, 4) is 11.5 Å². The van der Waals surface area contributed by atoms with Crippen LogP contribution in [0.3, 0.4) is 0 Å². The van der Waals surface area contributed by atoms with E-state index in [2.05, 4.69) is 5.32 Å². The number of amides is 1. The predicted octanol–water partition coefficient (Wildman–Crippen LogP) is 5.46. The lowest BCUT2D eigenvalue weighted by atomic mass is 10.1. The van der Waals surface area contributed by atoms with Crippen molar-refractivity contribution in [1.82, 2.24) is 5.32 Å². The lowest BCUT2D eigenvalue weighted by Crippen LogP contribution is -2.26. The van der Waals surface area contributed by atoms with Crippen LogP contribution in [0.15, 0.2) is 72.8 Å². The fourth-order valence-corrected chi connectivity index (χ4v) is 3.10. The van der Waals surface area contributed by atoms with Crippen LogP contribution in [0.5, 0.6) is 11.5 Å². The van der Waals surface area contributed by atoms with Crippen LogP contribution in [0.25, 0.3) is 0 Å². The fraction of sp³-hybridized carbons (Fsp3) is 0.240. The van der Waals surface area contributed by atoms with E-state index in [4.69, 9.17) is 9.47 Å². The van der Waals surface area contributed by atoms with Gasteiger partial charge in [-0.3, -0.25) is 4.79 Å². The molecular weight excluding hydrogens is 362 g/mol. The highest BCUT2D eigenvalue weighted by molar-refractivity contribution is 5.94. The molecule has 0 saturated heterocycles. The summed E-state index contributed by atoms with van der Waals surface area (Å²) in [6, 6.07) is 23.2. The molecule has 0 fully saturated rings. The third-order valence-electron chi connectivity index (χ3n) is 4.65. The normalized spacial score (nSPS) is 11.6. The van der Waals surface area contributed by atoms with Gasteiger partial charge >= 0.3 is 0 Å². The Bertz CT molecular complexity index is 953. The molecule has 1 N–H and O–H groups in total. The Morgan fingerprint density at radius 1 is 0.966 bits per heavy atom. The highest BCUT2D eigenvalue weighted by Gasteiger charge is 2.14. The van der Waals surface area contributed by atoms with Gasteiger partial charge in [-0.25, -0.2) is 0 Å². The van der Waals surface area contributed by atoms with Gasteiger partial charge in [0.1, 0.15) is 18.1 Å². The number of benzene rings is 3. The average Bonchev–Trinajstić information content (AvgIpc) is 2.74. The Morgan fingerprint density at radius 3 is 2.48 bits per heavy atom. The van der Waals surface area contributed by atoms with E-state index in [-0.39, 0.29) is 11.9 Å². The summed E-state index contributed by atoms with van der Waals surface area (Å²) in [5, 5.41) is 3.05. The van der Waals surface area contributed by atoms with Crippen molar-refractivity contribution >= 4 is 5.91 Å². The van der Waals surface area contributed by atoms with Crippen LogP contribution in [0.4, 0.5) is 0 Å². The van der Waals surface area contributed by atoms with E-state index in [9.17, 15) is 4.79 Å². The number of hydrogen-bond donors (Lipinski definition) is 1. The Labute approximate surface area is 172 Å². The van der Waals surface area contributed by atoms with Gasteiger partial charge in [-0.1, -0.05) is 42.5 Å². The van der Waals surface area contributed by atoms with Crippen LogP contribution < -0.4 is 14.8 Å². The Hall–Kier alpha value is -3.27. The summed E-state index contributed by atoms with van der Waals surface area (Å²) in [4.78, 5) is 12.8. The van der Waals surface area contributed by atoms with Crippen LogP contribution in [0.1, 0.15) is 46.9 Å². The molecule has 4 heteroatoms. The minimum Gasteiger partial charge on any atom is -0.493 e. The first kappa shape index (κ1) is 20.5. The number of rotatable bonds is 8. The third kappa shape index (κ3) is 5.61. The van der Waals surface area contributed by atoms with E-state index in [0.717, 1.165) is 28.2 Å². The van der Waals surface area contributed by atoms with Gasteiger partial charge in [0, 0.05) is 11.1 Å². The minimum absolute atomic E-state index is 0.0812. The second-order valence-electron chi connectivity index (χ2n) is 6.97. The lowest BCUT2D eigenvalue weighted by molar-refractivity contribution is 0.0939. The highest BCUT2D eigenvalue weighted by Crippen LogP contribution is 2.24. The smallest absolute Gasteiger partial charge is 0.251 e. The van der Waals surface area contributed by atoms with E-state index in [0.29, 0.717) is 18.8 Å². The molecule has 1 amide bonds. The largest absolute Gasteiger partial charge is 0.493 e.